The lowest BCUT2D eigenvalue weighted by molar-refractivity contribution is -0.122. The lowest BCUT2D eigenvalue weighted by Crippen LogP contribution is -2.00. The third-order valence-corrected chi connectivity index (χ3v) is 3.68. The maximum atomic E-state index is 9.48. The molecule has 4 rings (SSSR count). The Morgan fingerprint density at radius 2 is 2.00 bits per heavy atom. The summed E-state index contributed by atoms with van der Waals surface area (Å²) in [7, 11) is 0. The zero-order valence-electron chi connectivity index (χ0n) is 13.9. The highest BCUT2D eigenvalue weighted by molar-refractivity contribution is 5.80. The van der Waals surface area contributed by atoms with Gasteiger partial charge >= 0.3 is 0 Å². The van der Waals surface area contributed by atoms with E-state index in [1.165, 1.54) is 6.33 Å². The SMILES string of the molecule is N#Cc1c(-c2ccn3ncnc3c2)cc(-c2ccccn2)nc1N.O=CO. The number of carbonyl (C=O) groups is 1. The lowest BCUT2D eigenvalue weighted by atomic mass is 10.0. The Morgan fingerprint density at radius 1 is 1.19 bits per heavy atom. The van der Waals surface area contributed by atoms with Crippen LogP contribution in [0.4, 0.5) is 5.82 Å². The first-order chi connectivity index (χ1) is 13.2. The van der Waals surface area contributed by atoms with Gasteiger partial charge in [-0.25, -0.2) is 14.5 Å². The minimum absolute atomic E-state index is 0.178. The molecule has 0 aliphatic rings. The quantitative estimate of drug-likeness (QED) is 0.517. The smallest absolute Gasteiger partial charge is 0.290 e. The summed E-state index contributed by atoms with van der Waals surface area (Å²) in [6.07, 6.45) is 4.95. The molecule has 0 amide bonds. The maximum absolute atomic E-state index is 9.48. The molecule has 0 aromatic carbocycles. The molecular weight excluding hydrogens is 346 g/mol. The zero-order chi connectivity index (χ0) is 19.2. The summed E-state index contributed by atoms with van der Waals surface area (Å²) in [5.41, 5.74) is 9.84. The molecule has 9 heteroatoms. The minimum atomic E-state index is -0.250. The zero-order valence-corrected chi connectivity index (χ0v) is 13.9. The fourth-order valence-electron chi connectivity index (χ4n) is 2.54. The van der Waals surface area contributed by atoms with E-state index in [1.54, 1.807) is 16.9 Å². The van der Waals surface area contributed by atoms with E-state index in [9.17, 15) is 5.26 Å². The van der Waals surface area contributed by atoms with Gasteiger partial charge < -0.3 is 10.8 Å². The molecule has 0 saturated carbocycles. The fraction of sp³-hybridized carbons (Fsp3) is 0. The van der Waals surface area contributed by atoms with Crippen LogP contribution >= 0.6 is 0 Å². The van der Waals surface area contributed by atoms with Crippen molar-refractivity contribution in [2.24, 2.45) is 0 Å². The fourth-order valence-corrected chi connectivity index (χ4v) is 2.54. The van der Waals surface area contributed by atoms with E-state index >= 15 is 0 Å². The normalized spacial score (nSPS) is 9.89. The number of fused-ring (bicyclic) bond motifs is 1. The van der Waals surface area contributed by atoms with Crippen LogP contribution in [0.25, 0.3) is 28.2 Å². The minimum Gasteiger partial charge on any atom is -0.483 e. The van der Waals surface area contributed by atoms with Gasteiger partial charge in [0, 0.05) is 18.0 Å². The summed E-state index contributed by atoms with van der Waals surface area (Å²) in [5, 5.41) is 20.4. The number of anilines is 1. The number of rotatable bonds is 2. The van der Waals surface area contributed by atoms with E-state index in [1.807, 2.05) is 36.4 Å². The second-order valence-corrected chi connectivity index (χ2v) is 5.23. The Bertz CT molecular complexity index is 1130. The maximum Gasteiger partial charge on any atom is 0.290 e. The molecule has 0 spiro atoms. The molecule has 0 saturated heterocycles. The second kappa shape index (κ2) is 7.71. The van der Waals surface area contributed by atoms with Gasteiger partial charge in [-0.2, -0.15) is 10.4 Å². The van der Waals surface area contributed by atoms with Gasteiger partial charge in [0.05, 0.1) is 11.4 Å². The van der Waals surface area contributed by atoms with Crippen LogP contribution in [0.1, 0.15) is 5.56 Å². The summed E-state index contributed by atoms with van der Waals surface area (Å²) in [6, 6.07) is 13.2. The van der Waals surface area contributed by atoms with Crippen LogP contribution < -0.4 is 5.73 Å². The lowest BCUT2D eigenvalue weighted by Gasteiger charge is -2.10. The molecular formula is C18H13N7O2. The van der Waals surface area contributed by atoms with E-state index in [-0.39, 0.29) is 12.3 Å². The number of hydrogen-bond acceptors (Lipinski definition) is 7. The molecule has 0 radical (unpaired) electrons. The Kier molecular flexibility index (Phi) is 5.00. The Hall–Kier alpha value is -4.32. The topological polar surface area (TPSA) is 143 Å². The van der Waals surface area contributed by atoms with E-state index in [0.29, 0.717) is 28.2 Å². The summed E-state index contributed by atoms with van der Waals surface area (Å²) in [5.74, 6) is 0.178. The molecule has 4 heterocycles. The first-order valence-electron chi connectivity index (χ1n) is 7.67. The highest BCUT2D eigenvalue weighted by atomic mass is 16.3. The molecule has 0 atom stereocenters. The highest BCUT2D eigenvalue weighted by Gasteiger charge is 2.14. The highest BCUT2D eigenvalue weighted by Crippen LogP contribution is 2.30. The standard InChI is InChI=1S/C17H11N7.CH2O2/c18-9-13-12(11-4-6-24-16(7-11)21-10-22-24)8-15(23-17(13)19)14-3-1-2-5-20-14;2-1-3/h1-8,10H,(H2,19,23);1H,(H,2,3). The van der Waals surface area contributed by atoms with Crippen LogP contribution in [-0.2, 0) is 4.79 Å². The van der Waals surface area contributed by atoms with Crippen LogP contribution in [0, 0.1) is 11.3 Å². The van der Waals surface area contributed by atoms with Crippen molar-refractivity contribution in [1.29, 1.82) is 5.26 Å². The molecule has 132 valence electrons. The number of pyridine rings is 3. The van der Waals surface area contributed by atoms with Crippen molar-refractivity contribution in [2.45, 2.75) is 0 Å². The summed E-state index contributed by atoms with van der Waals surface area (Å²) >= 11 is 0. The number of nitrogen functional groups attached to an aromatic ring is 1. The molecule has 4 aromatic heterocycles. The van der Waals surface area contributed by atoms with Crippen LogP contribution in [0.2, 0.25) is 0 Å². The summed E-state index contributed by atoms with van der Waals surface area (Å²) in [6.45, 7) is -0.250. The monoisotopic (exact) mass is 359 g/mol. The Balaban J connectivity index is 0.000000659. The van der Waals surface area contributed by atoms with Crippen LogP contribution in [-0.4, -0.2) is 36.1 Å². The average Bonchev–Trinajstić information content (AvgIpc) is 3.16. The van der Waals surface area contributed by atoms with Crippen molar-refractivity contribution in [2.75, 3.05) is 5.73 Å². The van der Waals surface area contributed by atoms with Crippen LogP contribution in [0.5, 0.6) is 0 Å². The van der Waals surface area contributed by atoms with Crippen molar-refractivity contribution in [3.63, 3.8) is 0 Å². The molecule has 4 aromatic rings. The number of carboxylic acid groups (broad SMARTS) is 1. The van der Waals surface area contributed by atoms with Crippen molar-refractivity contribution < 1.29 is 9.90 Å². The van der Waals surface area contributed by atoms with Gasteiger partial charge in [0.2, 0.25) is 0 Å². The van der Waals surface area contributed by atoms with Gasteiger partial charge in [-0.05, 0) is 35.9 Å². The van der Waals surface area contributed by atoms with Gasteiger partial charge in [-0.1, -0.05) is 6.07 Å². The Labute approximate surface area is 153 Å². The first-order valence-corrected chi connectivity index (χ1v) is 7.67. The number of hydrogen-bond donors (Lipinski definition) is 2. The van der Waals surface area contributed by atoms with Crippen molar-refractivity contribution in [3.8, 4) is 28.6 Å². The van der Waals surface area contributed by atoms with Gasteiger partial charge in [-0.3, -0.25) is 9.78 Å². The average molecular weight is 359 g/mol. The van der Waals surface area contributed by atoms with Crippen molar-refractivity contribution in [3.05, 3.63) is 60.7 Å². The molecule has 27 heavy (non-hydrogen) atoms. The first kappa shape index (κ1) is 17.5. The van der Waals surface area contributed by atoms with Crippen LogP contribution in [0.3, 0.4) is 0 Å². The van der Waals surface area contributed by atoms with Crippen LogP contribution in [0.15, 0.2) is 55.1 Å². The molecule has 0 unspecified atom stereocenters. The number of nitrogens with two attached hydrogens (primary N) is 1. The van der Waals surface area contributed by atoms with Gasteiger partial charge in [0.15, 0.2) is 5.65 Å². The van der Waals surface area contributed by atoms with Crippen molar-refractivity contribution >= 4 is 17.9 Å². The second-order valence-electron chi connectivity index (χ2n) is 5.23. The Morgan fingerprint density at radius 3 is 2.70 bits per heavy atom. The predicted molar refractivity (Wildman–Crippen MR) is 97.3 cm³/mol. The molecule has 0 bridgehead atoms. The van der Waals surface area contributed by atoms with Crippen molar-refractivity contribution in [1.82, 2.24) is 24.6 Å². The third kappa shape index (κ3) is 3.54. The van der Waals surface area contributed by atoms with E-state index < -0.39 is 0 Å². The molecule has 0 aliphatic heterocycles. The summed E-state index contributed by atoms with van der Waals surface area (Å²) in [4.78, 5) is 21.1. The van der Waals surface area contributed by atoms with Gasteiger partial charge in [0.1, 0.15) is 23.8 Å². The van der Waals surface area contributed by atoms with E-state index in [2.05, 4.69) is 26.1 Å². The molecule has 0 aliphatic carbocycles. The molecule has 0 fully saturated rings. The van der Waals surface area contributed by atoms with E-state index in [0.717, 1.165) is 5.56 Å². The predicted octanol–water partition coefficient (Wildman–Crippen LogP) is 2.01. The van der Waals surface area contributed by atoms with Gasteiger partial charge in [-0.15, -0.1) is 0 Å². The third-order valence-electron chi connectivity index (χ3n) is 3.68. The summed E-state index contributed by atoms with van der Waals surface area (Å²) < 4.78 is 1.65. The largest absolute Gasteiger partial charge is 0.483 e. The van der Waals surface area contributed by atoms with Gasteiger partial charge in [0.25, 0.3) is 6.47 Å². The number of nitrogens with zero attached hydrogens (tertiary/aromatic N) is 6. The van der Waals surface area contributed by atoms with E-state index in [4.69, 9.17) is 15.6 Å². The molecule has 3 N–H and O–H groups in total. The number of aromatic nitrogens is 5. The number of nitriles is 1. The molecule has 9 nitrogen and oxygen atoms in total.